The molecule has 1 heterocycles. The number of rotatable bonds is 1. The smallest absolute Gasteiger partial charge is 0.267 e. The topological polar surface area (TPSA) is 30.0 Å². The maximum absolute atomic E-state index is 13.8. The zero-order valence-electron chi connectivity index (χ0n) is 10.5. The van der Waals surface area contributed by atoms with Crippen molar-refractivity contribution < 1.29 is 17.6 Å². The van der Waals surface area contributed by atoms with Crippen LogP contribution in [0.4, 0.5) is 17.6 Å². The molecule has 0 fully saturated rings. The number of halogens is 5. The highest BCUT2D eigenvalue weighted by Gasteiger charge is 2.24. The van der Waals surface area contributed by atoms with Crippen molar-refractivity contribution in [2.24, 2.45) is 0 Å². The van der Waals surface area contributed by atoms with Crippen molar-refractivity contribution in [3.05, 3.63) is 62.9 Å². The molecule has 0 aliphatic rings. The van der Waals surface area contributed by atoms with Crippen molar-refractivity contribution in [1.82, 2.24) is 4.98 Å². The van der Waals surface area contributed by atoms with Gasteiger partial charge in [-0.1, -0.05) is 23.7 Å². The van der Waals surface area contributed by atoms with Crippen molar-refractivity contribution in [3.8, 4) is 10.6 Å². The van der Waals surface area contributed by atoms with Crippen LogP contribution in [0.5, 0.6) is 0 Å². The highest BCUT2D eigenvalue weighted by Crippen LogP contribution is 2.32. The van der Waals surface area contributed by atoms with Crippen molar-refractivity contribution in [1.29, 1.82) is 0 Å². The first-order valence-corrected chi connectivity index (χ1v) is 7.02. The molecule has 3 aromatic rings. The molecule has 0 bridgehead atoms. The van der Waals surface area contributed by atoms with E-state index in [4.69, 9.17) is 11.6 Å². The average molecular weight is 346 g/mol. The van der Waals surface area contributed by atoms with Gasteiger partial charge < -0.3 is 0 Å². The highest BCUT2D eigenvalue weighted by atomic mass is 35.5. The van der Waals surface area contributed by atoms with Crippen LogP contribution in [0, 0.1) is 23.3 Å². The molecule has 2 nitrogen and oxygen atoms in total. The van der Waals surface area contributed by atoms with E-state index in [-0.39, 0.29) is 5.01 Å². The Bertz CT molecular complexity index is 956. The van der Waals surface area contributed by atoms with E-state index in [0.717, 1.165) is 0 Å². The molecule has 0 saturated carbocycles. The molecule has 3 rings (SSSR count). The lowest BCUT2D eigenvalue weighted by Crippen LogP contribution is -2.11. The first-order valence-electron chi connectivity index (χ1n) is 5.83. The number of fused-ring (bicyclic) bond motifs is 1. The quantitative estimate of drug-likeness (QED) is 0.368. The minimum Gasteiger partial charge on any atom is -0.267 e. The monoisotopic (exact) mass is 345 g/mol. The van der Waals surface area contributed by atoms with Crippen LogP contribution in [-0.4, -0.2) is 4.98 Å². The van der Waals surface area contributed by atoms with Gasteiger partial charge in [0.25, 0.3) is 5.56 Å². The normalized spacial score (nSPS) is 11.1. The summed E-state index contributed by atoms with van der Waals surface area (Å²) in [5.41, 5.74) is -0.757. The van der Waals surface area contributed by atoms with Crippen LogP contribution in [-0.2, 0) is 0 Å². The molecule has 0 aliphatic carbocycles. The van der Waals surface area contributed by atoms with Gasteiger partial charge in [-0.3, -0.25) is 4.79 Å². The number of benzene rings is 2. The fourth-order valence-electron chi connectivity index (χ4n) is 1.88. The van der Waals surface area contributed by atoms with E-state index >= 15 is 0 Å². The van der Waals surface area contributed by atoms with Crippen LogP contribution >= 0.6 is 22.9 Å². The molecular formula is C14H4ClF4NOS. The highest BCUT2D eigenvalue weighted by molar-refractivity contribution is 7.21. The van der Waals surface area contributed by atoms with Gasteiger partial charge in [0, 0.05) is 10.6 Å². The third-order valence-corrected chi connectivity index (χ3v) is 4.29. The molecule has 0 amide bonds. The van der Waals surface area contributed by atoms with Crippen LogP contribution in [0.25, 0.3) is 20.7 Å². The Morgan fingerprint density at radius 2 is 1.50 bits per heavy atom. The van der Waals surface area contributed by atoms with Crippen molar-refractivity contribution in [2.75, 3.05) is 0 Å². The zero-order chi connectivity index (χ0) is 16.0. The molecule has 0 saturated heterocycles. The van der Waals surface area contributed by atoms with Gasteiger partial charge in [0.15, 0.2) is 23.3 Å². The molecule has 0 N–H and O–H groups in total. The Labute approximate surface area is 129 Å². The lowest BCUT2D eigenvalue weighted by atomic mass is 10.2. The van der Waals surface area contributed by atoms with Gasteiger partial charge in [-0.15, -0.1) is 11.3 Å². The summed E-state index contributed by atoms with van der Waals surface area (Å²) in [7, 11) is 0. The number of nitrogens with zero attached hydrogens (tertiary/aromatic N) is 1. The van der Waals surface area contributed by atoms with E-state index < -0.39 is 38.9 Å². The van der Waals surface area contributed by atoms with Crippen LogP contribution < -0.4 is 5.56 Å². The first-order chi connectivity index (χ1) is 10.4. The summed E-state index contributed by atoms with van der Waals surface area (Å²) in [5.74, 6) is -7.36. The SMILES string of the molecule is O=c1nc(-c2ccc(Cl)cc2)sc2c(F)c(F)c(F)c(F)c12. The largest absolute Gasteiger partial charge is 0.283 e. The molecule has 0 atom stereocenters. The Morgan fingerprint density at radius 3 is 2.14 bits per heavy atom. The van der Waals surface area contributed by atoms with Crippen molar-refractivity contribution >= 4 is 33.0 Å². The van der Waals surface area contributed by atoms with Gasteiger partial charge in [-0.05, 0) is 12.1 Å². The Hall–Kier alpha value is -1.99. The minimum absolute atomic E-state index is 0.0403. The van der Waals surface area contributed by atoms with Gasteiger partial charge in [-0.25, -0.2) is 17.6 Å². The molecule has 1 aromatic heterocycles. The summed E-state index contributed by atoms with van der Waals surface area (Å²) in [4.78, 5) is 15.4. The second-order valence-corrected chi connectivity index (χ2v) is 5.73. The van der Waals surface area contributed by atoms with E-state index in [0.29, 0.717) is 21.9 Å². The summed E-state index contributed by atoms with van der Waals surface area (Å²) < 4.78 is 53.4. The second kappa shape index (κ2) is 5.33. The molecule has 2 aromatic carbocycles. The number of hydrogen-bond acceptors (Lipinski definition) is 3. The molecular weight excluding hydrogens is 342 g/mol. The third kappa shape index (κ3) is 2.26. The predicted octanol–water partition coefficient (Wildman–Crippen LogP) is 4.53. The maximum Gasteiger partial charge on any atom is 0.283 e. The van der Waals surface area contributed by atoms with E-state index in [2.05, 4.69) is 4.98 Å². The summed E-state index contributed by atoms with van der Waals surface area (Å²) in [6.07, 6.45) is 0. The molecule has 0 radical (unpaired) electrons. The Kier molecular flexibility index (Phi) is 3.62. The second-order valence-electron chi connectivity index (χ2n) is 4.29. The van der Waals surface area contributed by atoms with E-state index in [1.807, 2.05) is 0 Å². The molecule has 22 heavy (non-hydrogen) atoms. The summed E-state index contributed by atoms with van der Waals surface area (Å²) in [5, 5.41) is -0.431. The lowest BCUT2D eigenvalue weighted by Gasteiger charge is -2.05. The van der Waals surface area contributed by atoms with Gasteiger partial charge >= 0.3 is 0 Å². The van der Waals surface area contributed by atoms with Crippen LogP contribution in [0.15, 0.2) is 29.1 Å². The van der Waals surface area contributed by atoms with Crippen molar-refractivity contribution in [2.45, 2.75) is 0 Å². The standard InChI is InChI=1S/C14H4ClF4NOS/c15-6-3-1-5(2-4-6)14-20-13(21)7-8(16)9(17)10(18)11(19)12(7)22-14/h1-4H. The Morgan fingerprint density at radius 1 is 0.909 bits per heavy atom. The fraction of sp³-hybridized carbons (Fsp3) is 0. The molecule has 0 spiro atoms. The van der Waals surface area contributed by atoms with Crippen LogP contribution in [0.3, 0.4) is 0 Å². The van der Waals surface area contributed by atoms with E-state index in [9.17, 15) is 22.4 Å². The molecule has 8 heteroatoms. The van der Waals surface area contributed by atoms with Gasteiger partial charge in [0.05, 0.1) is 4.70 Å². The van der Waals surface area contributed by atoms with Crippen LogP contribution in [0.1, 0.15) is 0 Å². The molecule has 0 aliphatic heterocycles. The van der Waals surface area contributed by atoms with Gasteiger partial charge in [0.1, 0.15) is 10.4 Å². The maximum atomic E-state index is 13.8. The first kappa shape index (κ1) is 14.9. The zero-order valence-corrected chi connectivity index (χ0v) is 12.0. The summed E-state index contributed by atoms with van der Waals surface area (Å²) >= 11 is 6.28. The van der Waals surface area contributed by atoms with E-state index in [1.165, 1.54) is 24.3 Å². The van der Waals surface area contributed by atoms with Crippen LogP contribution in [0.2, 0.25) is 5.02 Å². The predicted molar refractivity (Wildman–Crippen MR) is 76.2 cm³/mol. The molecule has 112 valence electrons. The summed E-state index contributed by atoms with van der Waals surface area (Å²) in [6.45, 7) is 0. The minimum atomic E-state index is -2.03. The Balaban J connectivity index is 2.38. The third-order valence-electron chi connectivity index (χ3n) is 2.93. The lowest BCUT2D eigenvalue weighted by molar-refractivity contribution is 0.418. The van der Waals surface area contributed by atoms with Crippen molar-refractivity contribution in [3.63, 3.8) is 0 Å². The van der Waals surface area contributed by atoms with Gasteiger partial charge in [-0.2, -0.15) is 4.98 Å². The summed E-state index contributed by atoms with van der Waals surface area (Å²) in [6, 6.07) is 6.06. The molecule has 0 unspecified atom stereocenters. The average Bonchev–Trinajstić information content (AvgIpc) is 2.50. The van der Waals surface area contributed by atoms with E-state index in [1.54, 1.807) is 0 Å². The number of hydrogen-bond donors (Lipinski definition) is 0. The number of aromatic nitrogens is 1. The van der Waals surface area contributed by atoms with Gasteiger partial charge in [0.2, 0.25) is 0 Å². The fourth-order valence-corrected chi connectivity index (χ4v) is 3.04.